The Bertz CT molecular complexity index is 112. The second-order valence-corrected chi connectivity index (χ2v) is 2.09. The fourth-order valence-corrected chi connectivity index (χ4v) is 0.735. The van der Waals surface area contributed by atoms with E-state index in [1.54, 1.807) is 17.8 Å². The van der Waals surface area contributed by atoms with Crippen LogP contribution in [0, 0.1) is 0 Å². The molecule has 44 valence electrons. The van der Waals surface area contributed by atoms with Gasteiger partial charge < -0.3 is 0 Å². The summed E-state index contributed by atoms with van der Waals surface area (Å²) in [6, 6.07) is 0. The molecule has 0 rings (SSSR count). The lowest BCUT2D eigenvalue weighted by molar-refractivity contribution is 1.91. The number of allylic oxidation sites excluding steroid dienone is 3. The van der Waals surface area contributed by atoms with Gasteiger partial charge in [-0.2, -0.15) is 0 Å². The summed E-state index contributed by atoms with van der Waals surface area (Å²) in [5, 5.41) is 0. The van der Waals surface area contributed by atoms with E-state index in [1.165, 1.54) is 0 Å². The Morgan fingerprint density at radius 3 is 2.25 bits per heavy atom. The minimum Gasteiger partial charge on any atom is -0.130 e. The Morgan fingerprint density at radius 2 is 2.12 bits per heavy atom. The van der Waals surface area contributed by atoms with Crippen LogP contribution in [0.3, 0.4) is 0 Å². The van der Waals surface area contributed by atoms with Crippen LogP contribution in [-0.2, 0) is 0 Å². The number of hydrogen-bond acceptors (Lipinski definition) is 1. The van der Waals surface area contributed by atoms with Crippen LogP contribution in [0.4, 0.5) is 0 Å². The van der Waals surface area contributed by atoms with E-state index in [9.17, 15) is 0 Å². The van der Waals surface area contributed by atoms with Gasteiger partial charge in [-0.3, -0.25) is 0 Å². The van der Waals surface area contributed by atoms with Gasteiger partial charge in [0.1, 0.15) is 0 Å². The van der Waals surface area contributed by atoms with Crippen molar-refractivity contribution in [2.24, 2.45) is 0 Å². The van der Waals surface area contributed by atoms with Crippen LogP contribution in [0.25, 0.3) is 0 Å². The van der Waals surface area contributed by atoms with E-state index in [0.717, 1.165) is 4.91 Å². The minimum atomic E-state index is 1.15. The molecule has 0 N–H and O–H groups in total. The average molecular weight is 126 g/mol. The first-order valence-corrected chi connectivity index (χ1v) is 3.56. The van der Waals surface area contributed by atoms with Gasteiger partial charge in [0.05, 0.1) is 0 Å². The van der Waals surface area contributed by atoms with Crippen molar-refractivity contribution in [3.8, 4) is 0 Å². The van der Waals surface area contributed by atoms with E-state index in [2.05, 4.69) is 13.2 Å². The summed E-state index contributed by atoms with van der Waals surface area (Å²) < 4.78 is 0. The summed E-state index contributed by atoms with van der Waals surface area (Å²) in [5.41, 5.74) is 0. The van der Waals surface area contributed by atoms with Crippen molar-refractivity contribution in [1.29, 1.82) is 0 Å². The van der Waals surface area contributed by atoms with E-state index < -0.39 is 0 Å². The molecule has 0 aliphatic heterocycles. The highest BCUT2D eigenvalue weighted by Crippen LogP contribution is 2.10. The molecule has 0 radical (unpaired) electrons. The topological polar surface area (TPSA) is 0 Å². The monoisotopic (exact) mass is 126 g/mol. The van der Waals surface area contributed by atoms with Crippen LogP contribution < -0.4 is 0 Å². The summed E-state index contributed by atoms with van der Waals surface area (Å²) in [6.45, 7) is 7.17. The maximum Gasteiger partial charge on any atom is 0.00630 e. The normalized spacial score (nSPS) is 10.9. The van der Waals surface area contributed by atoms with E-state index in [-0.39, 0.29) is 0 Å². The maximum absolute atomic E-state index is 3.61. The van der Waals surface area contributed by atoms with Crippen molar-refractivity contribution >= 4 is 11.8 Å². The first-order chi connectivity index (χ1) is 3.85. The van der Waals surface area contributed by atoms with E-state index >= 15 is 0 Å². The zero-order valence-corrected chi connectivity index (χ0v) is 5.87. The van der Waals surface area contributed by atoms with E-state index in [0.29, 0.717) is 0 Å². The van der Waals surface area contributed by atoms with Crippen LogP contribution in [0.5, 0.6) is 0 Å². The van der Waals surface area contributed by atoms with Gasteiger partial charge in [-0.05, 0) is 12.3 Å². The van der Waals surface area contributed by atoms with E-state index in [1.807, 2.05) is 18.4 Å². The number of thioether (sulfide) groups is 1. The smallest absolute Gasteiger partial charge is 0.00630 e. The molecule has 0 aromatic rings. The fourth-order valence-electron chi connectivity index (χ4n) is 0.336. The van der Waals surface area contributed by atoms with Crippen molar-refractivity contribution < 1.29 is 0 Å². The first kappa shape index (κ1) is 7.57. The Morgan fingerprint density at radius 1 is 1.50 bits per heavy atom. The third-order valence-electron chi connectivity index (χ3n) is 0.719. The molecule has 0 spiro atoms. The lowest BCUT2D eigenvalue weighted by atomic mass is 10.5. The second kappa shape index (κ2) is 4.72. The predicted molar refractivity (Wildman–Crippen MR) is 42.0 cm³/mol. The molecule has 0 saturated heterocycles. The van der Waals surface area contributed by atoms with Crippen molar-refractivity contribution in [1.82, 2.24) is 0 Å². The summed E-state index contributed by atoms with van der Waals surface area (Å²) >= 11 is 1.67. The van der Waals surface area contributed by atoms with Gasteiger partial charge in [0.2, 0.25) is 0 Å². The largest absolute Gasteiger partial charge is 0.130 e. The Hall–Kier alpha value is -0.430. The lowest BCUT2D eigenvalue weighted by Crippen LogP contribution is -1.61. The number of hydrogen-bond donors (Lipinski definition) is 0. The van der Waals surface area contributed by atoms with Crippen molar-refractivity contribution in [3.05, 3.63) is 36.3 Å². The molecule has 0 fully saturated rings. The van der Waals surface area contributed by atoms with Gasteiger partial charge in [-0.25, -0.2) is 0 Å². The number of rotatable bonds is 3. The molecule has 0 unspecified atom stereocenters. The highest BCUT2D eigenvalue weighted by atomic mass is 32.2. The van der Waals surface area contributed by atoms with Crippen molar-refractivity contribution in [2.75, 3.05) is 6.26 Å². The van der Waals surface area contributed by atoms with Crippen LogP contribution in [-0.4, -0.2) is 6.26 Å². The van der Waals surface area contributed by atoms with E-state index in [4.69, 9.17) is 0 Å². The highest BCUT2D eigenvalue weighted by Gasteiger charge is 1.79. The molecule has 0 aliphatic rings. The molecule has 0 bridgehead atoms. The molecule has 0 nitrogen and oxygen atoms in total. The minimum absolute atomic E-state index is 1.15. The van der Waals surface area contributed by atoms with Gasteiger partial charge in [0, 0.05) is 4.91 Å². The molecule has 1 heteroatoms. The zero-order chi connectivity index (χ0) is 6.41. The second-order valence-electron chi connectivity index (χ2n) is 1.21. The third kappa shape index (κ3) is 2.69. The highest BCUT2D eigenvalue weighted by molar-refractivity contribution is 8.02. The molecule has 0 aliphatic carbocycles. The van der Waals surface area contributed by atoms with Gasteiger partial charge >= 0.3 is 0 Å². The van der Waals surface area contributed by atoms with Crippen LogP contribution in [0.1, 0.15) is 0 Å². The SMILES string of the molecule is C=CC=C(C=C)SC. The zero-order valence-electron chi connectivity index (χ0n) is 5.05. The standard InChI is InChI=1S/C7H10S/c1-4-6-7(5-2)8-3/h4-6H,1-2H2,3H3. The summed E-state index contributed by atoms with van der Waals surface area (Å²) in [6.07, 6.45) is 7.51. The summed E-state index contributed by atoms with van der Waals surface area (Å²) in [4.78, 5) is 1.15. The quantitative estimate of drug-likeness (QED) is 0.524. The lowest BCUT2D eigenvalue weighted by Gasteiger charge is -1.88. The molecule has 0 amide bonds. The Kier molecular flexibility index (Phi) is 4.47. The summed E-state index contributed by atoms with van der Waals surface area (Å²) in [5.74, 6) is 0. The Labute approximate surface area is 55.0 Å². The van der Waals surface area contributed by atoms with Gasteiger partial charge in [-0.1, -0.05) is 25.3 Å². The van der Waals surface area contributed by atoms with Crippen LogP contribution in [0.15, 0.2) is 36.3 Å². The molecule has 0 aromatic heterocycles. The van der Waals surface area contributed by atoms with Crippen LogP contribution in [0.2, 0.25) is 0 Å². The van der Waals surface area contributed by atoms with Gasteiger partial charge in [0.25, 0.3) is 0 Å². The van der Waals surface area contributed by atoms with Crippen LogP contribution >= 0.6 is 11.8 Å². The third-order valence-corrected chi connectivity index (χ3v) is 1.49. The fraction of sp³-hybridized carbons (Fsp3) is 0.143. The first-order valence-electron chi connectivity index (χ1n) is 2.34. The van der Waals surface area contributed by atoms with Crippen molar-refractivity contribution in [3.63, 3.8) is 0 Å². The molecule has 0 saturated carbocycles. The molecule has 0 aromatic carbocycles. The van der Waals surface area contributed by atoms with Crippen molar-refractivity contribution in [2.45, 2.75) is 0 Å². The van der Waals surface area contributed by atoms with Gasteiger partial charge in [0.15, 0.2) is 0 Å². The average Bonchev–Trinajstić information content (AvgIpc) is 1.83. The Balaban J connectivity index is 3.84. The summed E-state index contributed by atoms with van der Waals surface area (Å²) in [7, 11) is 0. The molecular weight excluding hydrogens is 116 g/mol. The molecule has 8 heavy (non-hydrogen) atoms. The predicted octanol–water partition coefficient (Wildman–Crippen LogP) is 2.61. The molecule has 0 heterocycles. The molecule has 0 atom stereocenters. The molecular formula is C7H10S. The maximum atomic E-state index is 3.61. The van der Waals surface area contributed by atoms with Gasteiger partial charge in [-0.15, -0.1) is 11.8 Å².